The van der Waals surface area contributed by atoms with Gasteiger partial charge in [-0.05, 0) is 70.6 Å². The van der Waals surface area contributed by atoms with Gasteiger partial charge in [-0.1, -0.05) is 133 Å². The van der Waals surface area contributed by atoms with E-state index in [0.29, 0.717) is 12.8 Å². The minimum atomic E-state index is -4.72. The summed E-state index contributed by atoms with van der Waals surface area (Å²) in [6.07, 6.45) is 40.3. The van der Waals surface area contributed by atoms with Crippen molar-refractivity contribution < 1.29 is 47.5 Å². The second-order valence-corrected chi connectivity index (χ2v) is 15.2. The van der Waals surface area contributed by atoms with Crippen molar-refractivity contribution in [3.05, 3.63) is 48.6 Å². The van der Waals surface area contributed by atoms with Crippen LogP contribution in [-0.4, -0.2) is 59.9 Å². The van der Waals surface area contributed by atoms with Gasteiger partial charge in [-0.2, -0.15) is 0 Å². The first-order valence-electron chi connectivity index (χ1n) is 20.7. The summed E-state index contributed by atoms with van der Waals surface area (Å²) in [5.41, 5.74) is 5.32. The van der Waals surface area contributed by atoms with Crippen LogP contribution in [0.15, 0.2) is 48.6 Å². The van der Waals surface area contributed by atoms with Crippen molar-refractivity contribution in [1.29, 1.82) is 0 Å². The van der Waals surface area contributed by atoms with E-state index in [1.54, 1.807) is 0 Å². The Morgan fingerprint density at radius 1 is 0.593 bits per heavy atom. The highest BCUT2D eigenvalue weighted by Gasteiger charge is 2.28. The summed E-state index contributed by atoms with van der Waals surface area (Å²) < 4.78 is 32.6. The van der Waals surface area contributed by atoms with Crippen LogP contribution in [-0.2, 0) is 37.5 Å². The molecule has 0 amide bonds. The molecule has 3 atom stereocenters. The molecule has 54 heavy (non-hydrogen) atoms. The first-order valence-corrected chi connectivity index (χ1v) is 22.2. The number of aliphatic carboxylic acids is 1. The van der Waals surface area contributed by atoms with Gasteiger partial charge in [0, 0.05) is 12.8 Å². The number of phosphoric ester groups is 1. The number of carboxylic acid groups (broad SMARTS) is 1. The van der Waals surface area contributed by atoms with Crippen LogP contribution < -0.4 is 5.73 Å². The third kappa shape index (κ3) is 36.4. The molecule has 0 aromatic rings. The Morgan fingerprint density at radius 3 is 1.61 bits per heavy atom. The molecule has 0 aromatic heterocycles. The molecular weight excluding hydrogens is 709 g/mol. The zero-order valence-corrected chi connectivity index (χ0v) is 34.4. The number of carbonyl (C=O) groups excluding carboxylic acids is 2. The molecule has 0 saturated heterocycles. The van der Waals surface area contributed by atoms with E-state index < -0.39 is 51.1 Å². The average molecular weight is 784 g/mol. The Balaban J connectivity index is 4.49. The summed E-state index contributed by atoms with van der Waals surface area (Å²) in [6, 6.07) is -1.53. The Kier molecular flexibility index (Phi) is 35.6. The molecule has 0 radical (unpaired) electrons. The van der Waals surface area contributed by atoms with E-state index in [1.165, 1.54) is 64.2 Å². The molecule has 0 saturated carbocycles. The van der Waals surface area contributed by atoms with Gasteiger partial charge in [0.05, 0.1) is 13.2 Å². The van der Waals surface area contributed by atoms with E-state index in [9.17, 15) is 23.8 Å². The topological polar surface area (TPSA) is 172 Å². The lowest BCUT2D eigenvalue weighted by Crippen LogP contribution is -2.34. The van der Waals surface area contributed by atoms with Crippen molar-refractivity contribution in [2.24, 2.45) is 5.73 Å². The van der Waals surface area contributed by atoms with Crippen LogP contribution in [0.5, 0.6) is 0 Å². The lowest BCUT2D eigenvalue weighted by atomic mass is 10.1. The highest BCUT2D eigenvalue weighted by atomic mass is 31.2. The molecule has 0 aliphatic rings. The van der Waals surface area contributed by atoms with Gasteiger partial charge in [0.15, 0.2) is 6.10 Å². The number of phosphoric acid groups is 1. The van der Waals surface area contributed by atoms with Gasteiger partial charge in [0.25, 0.3) is 0 Å². The van der Waals surface area contributed by atoms with Gasteiger partial charge in [-0.25, -0.2) is 4.57 Å². The fourth-order valence-electron chi connectivity index (χ4n) is 5.26. The monoisotopic (exact) mass is 784 g/mol. The molecule has 12 heteroatoms. The maximum atomic E-state index is 12.6. The van der Waals surface area contributed by atoms with E-state index in [0.717, 1.165) is 64.2 Å². The third-order valence-corrected chi connectivity index (χ3v) is 9.53. The van der Waals surface area contributed by atoms with Crippen LogP contribution in [0, 0.1) is 0 Å². The summed E-state index contributed by atoms with van der Waals surface area (Å²) in [5.74, 6) is -2.44. The van der Waals surface area contributed by atoms with E-state index in [1.807, 2.05) is 0 Å². The number of carboxylic acids is 1. The van der Waals surface area contributed by atoms with E-state index in [4.69, 9.17) is 24.8 Å². The Bertz CT molecular complexity index is 1110. The summed E-state index contributed by atoms with van der Waals surface area (Å²) in [7, 11) is -4.72. The second-order valence-electron chi connectivity index (χ2n) is 13.8. The summed E-state index contributed by atoms with van der Waals surface area (Å²) in [4.78, 5) is 45.8. The fraction of sp³-hybridized carbons (Fsp3) is 0.738. The minimum absolute atomic E-state index is 0.136. The van der Waals surface area contributed by atoms with Gasteiger partial charge in [0.1, 0.15) is 12.6 Å². The smallest absolute Gasteiger partial charge is 0.472 e. The molecule has 11 nitrogen and oxygen atoms in total. The number of hydrogen-bond acceptors (Lipinski definition) is 9. The lowest BCUT2D eigenvalue weighted by molar-refractivity contribution is -0.161. The van der Waals surface area contributed by atoms with Crippen LogP contribution in [0.25, 0.3) is 0 Å². The Morgan fingerprint density at radius 2 is 1.04 bits per heavy atom. The maximum Gasteiger partial charge on any atom is 0.472 e. The van der Waals surface area contributed by atoms with E-state index >= 15 is 0 Å². The predicted octanol–water partition coefficient (Wildman–Crippen LogP) is 10.6. The molecule has 4 N–H and O–H groups in total. The number of ether oxygens (including phenoxy) is 2. The normalized spacial score (nSPS) is 14.3. The first kappa shape index (κ1) is 51.4. The summed E-state index contributed by atoms with van der Waals surface area (Å²) in [6.45, 7) is 2.71. The zero-order valence-electron chi connectivity index (χ0n) is 33.6. The number of carbonyl (C=O) groups is 3. The van der Waals surface area contributed by atoms with Gasteiger partial charge in [-0.15, -0.1) is 0 Å². The van der Waals surface area contributed by atoms with Crippen molar-refractivity contribution in [2.75, 3.05) is 19.8 Å². The fourth-order valence-corrected chi connectivity index (χ4v) is 6.04. The third-order valence-electron chi connectivity index (χ3n) is 8.58. The van der Waals surface area contributed by atoms with E-state index in [-0.39, 0.29) is 19.4 Å². The SMILES string of the molecule is CCCCCC/C=C/C=C/CCCCCCCC(=O)O[C@H](COC(=O)CCCC/C=C/C/C=C/CCCCCCCC)COP(=O)(O)OC[C@H](N)C(=O)O. The molecule has 312 valence electrons. The van der Waals surface area contributed by atoms with Gasteiger partial charge >= 0.3 is 25.7 Å². The van der Waals surface area contributed by atoms with E-state index in [2.05, 4.69) is 67.0 Å². The van der Waals surface area contributed by atoms with Gasteiger partial charge < -0.3 is 25.2 Å². The van der Waals surface area contributed by atoms with Crippen molar-refractivity contribution >= 4 is 25.7 Å². The largest absolute Gasteiger partial charge is 0.480 e. The molecule has 0 rings (SSSR count). The summed E-state index contributed by atoms with van der Waals surface area (Å²) >= 11 is 0. The second kappa shape index (κ2) is 37.4. The molecule has 0 fully saturated rings. The van der Waals surface area contributed by atoms with Crippen molar-refractivity contribution in [3.8, 4) is 0 Å². The number of allylic oxidation sites excluding steroid dienone is 8. The summed E-state index contributed by atoms with van der Waals surface area (Å²) in [5, 5.41) is 8.87. The van der Waals surface area contributed by atoms with Crippen molar-refractivity contribution in [1.82, 2.24) is 0 Å². The van der Waals surface area contributed by atoms with Crippen LogP contribution in [0.4, 0.5) is 0 Å². The molecular formula is C42H74NO10P. The molecule has 0 aromatic carbocycles. The standard InChI is InChI=1S/C42H74NO10P/c1-3-5-7-9-11-13-15-17-19-21-23-25-27-29-31-33-40(44)50-35-38(36-51-54(48,49)52-37-39(43)42(46)47)53-41(45)34-32-30-28-26-24-22-20-18-16-14-12-10-8-6-4-2/h14,16-20,23,25,38-39H,3-13,15,21-22,24,26-37,43H2,1-2H3,(H,46,47)(H,48,49)/b16-14+,19-17+,20-18+,25-23+/t38-,39+/m1/s1. The van der Waals surface area contributed by atoms with Crippen LogP contribution in [0.1, 0.15) is 168 Å². The zero-order chi connectivity index (χ0) is 40.0. The van der Waals surface area contributed by atoms with Crippen molar-refractivity contribution in [3.63, 3.8) is 0 Å². The van der Waals surface area contributed by atoms with Crippen LogP contribution in [0.2, 0.25) is 0 Å². The number of hydrogen-bond donors (Lipinski definition) is 3. The predicted molar refractivity (Wildman–Crippen MR) is 217 cm³/mol. The molecule has 0 aliphatic heterocycles. The maximum absolute atomic E-state index is 12.6. The highest BCUT2D eigenvalue weighted by molar-refractivity contribution is 7.47. The molecule has 0 aliphatic carbocycles. The highest BCUT2D eigenvalue weighted by Crippen LogP contribution is 2.43. The molecule has 0 heterocycles. The average Bonchev–Trinajstić information content (AvgIpc) is 3.14. The molecule has 0 bridgehead atoms. The minimum Gasteiger partial charge on any atom is -0.480 e. The number of rotatable bonds is 38. The Hall–Kier alpha value is -2.56. The van der Waals surface area contributed by atoms with Gasteiger partial charge in [-0.3, -0.25) is 23.4 Å². The quantitative estimate of drug-likeness (QED) is 0.0179. The van der Waals surface area contributed by atoms with Crippen molar-refractivity contribution in [2.45, 2.75) is 180 Å². The van der Waals surface area contributed by atoms with Crippen LogP contribution in [0.3, 0.4) is 0 Å². The van der Waals surface area contributed by atoms with Crippen LogP contribution >= 0.6 is 7.82 Å². The lowest BCUT2D eigenvalue weighted by Gasteiger charge is -2.20. The first-order chi connectivity index (χ1) is 26.1. The van der Waals surface area contributed by atoms with Gasteiger partial charge in [0.2, 0.25) is 0 Å². The molecule has 1 unspecified atom stereocenters. The number of esters is 2. The Labute approximate surface area is 326 Å². The number of unbranched alkanes of at least 4 members (excludes halogenated alkanes) is 17. The molecule has 0 spiro atoms. The number of nitrogens with two attached hydrogens (primary N) is 1.